The van der Waals surface area contributed by atoms with Crippen LogP contribution in [0.2, 0.25) is 0 Å². The lowest BCUT2D eigenvalue weighted by Gasteiger charge is -2.09. The standard InChI is InChI=1S/C26H25N3O3/c1-17-7-12-23(18(2)13-17)24-16-32-25(29-24)20-8-10-21(11-9-20)28-26(30)27-15-19-5-4-6-22(14-19)31-3/h4-14,16H,15H2,1-3H3,(H2,27,28,30). The molecule has 0 aliphatic carbocycles. The summed E-state index contributed by atoms with van der Waals surface area (Å²) < 4.78 is 10.9. The molecular weight excluding hydrogens is 402 g/mol. The van der Waals surface area contributed by atoms with Gasteiger partial charge in [-0.15, -0.1) is 0 Å². The third-order valence-corrected chi connectivity index (χ3v) is 5.14. The number of rotatable bonds is 6. The average molecular weight is 428 g/mol. The molecule has 6 nitrogen and oxygen atoms in total. The van der Waals surface area contributed by atoms with Gasteiger partial charge in [-0.05, 0) is 61.4 Å². The molecule has 0 aliphatic rings. The summed E-state index contributed by atoms with van der Waals surface area (Å²) in [4.78, 5) is 16.9. The topological polar surface area (TPSA) is 76.4 Å². The molecule has 2 N–H and O–H groups in total. The van der Waals surface area contributed by atoms with Crippen LogP contribution in [0.25, 0.3) is 22.7 Å². The number of carbonyl (C=O) groups is 1. The summed E-state index contributed by atoms with van der Waals surface area (Å²) in [6.45, 7) is 4.54. The number of nitrogens with one attached hydrogen (secondary N) is 2. The van der Waals surface area contributed by atoms with Gasteiger partial charge in [0.2, 0.25) is 5.89 Å². The fourth-order valence-corrected chi connectivity index (χ4v) is 3.47. The monoisotopic (exact) mass is 427 g/mol. The third-order valence-electron chi connectivity index (χ3n) is 5.14. The van der Waals surface area contributed by atoms with E-state index in [0.717, 1.165) is 33.7 Å². The van der Waals surface area contributed by atoms with Gasteiger partial charge in [0.05, 0.1) is 7.11 Å². The molecule has 32 heavy (non-hydrogen) atoms. The first-order valence-corrected chi connectivity index (χ1v) is 10.3. The summed E-state index contributed by atoms with van der Waals surface area (Å²) in [5.41, 5.74) is 6.70. The highest BCUT2D eigenvalue weighted by molar-refractivity contribution is 5.89. The summed E-state index contributed by atoms with van der Waals surface area (Å²) in [5.74, 6) is 1.29. The number of benzene rings is 3. The van der Waals surface area contributed by atoms with E-state index in [1.165, 1.54) is 5.56 Å². The molecule has 4 rings (SSSR count). The van der Waals surface area contributed by atoms with Crippen LogP contribution in [-0.4, -0.2) is 18.1 Å². The molecule has 3 aromatic carbocycles. The first kappa shape index (κ1) is 21.2. The molecule has 0 spiro atoms. The second-order valence-electron chi connectivity index (χ2n) is 7.59. The lowest BCUT2D eigenvalue weighted by Crippen LogP contribution is -2.28. The Kier molecular flexibility index (Phi) is 6.22. The predicted octanol–water partition coefficient (Wildman–Crippen LogP) is 5.96. The van der Waals surface area contributed by atoms with E-state index in [9.17, 15) is 4.79 Å². The van der Waals surface area contributed by atoms with Gasteiger partial charge in [-0.2, -0.15) is 0 Å². The number of carbonyl (C=O) groups excluding carboxylic acids is 1. The van der Waals surface area contributed by atoms with Crippen LogP contribution in [0.5, 0.6) is 5.75 Å². The maximum absolute atomic E-state index is 12.2. The van der Waals surface area contributed by atoms with Gasteiger partial charge in [-0.1, -0.05) is 35.9 Å². The van der Waals surface area contributed by atoms with E-state index in [4.69, 9.17) is 9.15 Å². The number of oxazole rings is 1. The first-order valence-electron chi connectivity index (χ1n) is 10.3. The molecule has 2 amide bonds. The van der Waals surface area contributed by atoms with Gasteiger partial charge in [0, 0.05) is 23.4 Å². The Balaban J connectivity index is 1.38. The molecule has 4 aromatic rings. The van der Waals surface area contributed by atoms with Crippen LogP contribution in [0.1, 0.15) is 16.7 Å². The van der Waals surface area contributed by atoms with E-state index in [2.05, 4.69) is 47.7 Å². The van der Waals surface area contributed by atoms with Gasteiger partial charge >= 0.3 is 6.03 Å². The maximum atomic E-state index is 12.2. The lowest BCUT2D eigenvalue weighted by atomic mass is 10.0. The highest BCUT2D eigenvalue weighted by Gasteiger charge is 2.11. The average Bonchev–Trinajstić information content (AvgIpc) is 3.28. The summed E-state index contributed by atoms with van der Waals surface area (Å²) in [5, 5.41) is 5.67. The van der Waals surface area contributed by atoms with Crippen molar-refractivity contribution in [3.63, 3.8) is 0 Å². The van der Waals surface area contributed by atoms with Crippen LogP contribution >= 0.6 is 0 Å². The van der Waals surface area contributed by atoms with E-state index in [0.29, 0.717) is 18.1 Å². The molecular formula is C26H25N3O3. The highest BCUT2D eigenvalue weighted by atomic mass is 16.5. The fraction of sp³-hybridized carbons (Fsp3) is 0.154. The second-order valence-corrected chi connectivity index (χ2v) is 7.59. The molecule has 0 bridgehead atoms. The lowest BCUT2D eigenvalue weighted by molar-refractivity contribution is 0.251. The Bertz CT molecular complexity index is 1230. The van der Waals surface area contributed by atoms with Crippen LogP contribution in [0.3, 0.4) is 0 Å². The summed E-state index contributed by atoms with van der Waals surface area (Å²) >= 11 is 0. The van der Waals surface area contributed by atoms with Gasteiger partial charge in [0.1, 0.15) is 17.7 Å². The Morgan fingerprint density at radius 1 is 1.03 bits per heavy atom. The molecule has 1 aromatic heterocycles. The molecule has 0 saturated heterocycles. The number of anilines is 1. The molecule has 0 aliphatic heterocycles. The number of aryl methyl sites for hydroxylation is 2. The van der Waals surface area contributed by atoms with Crippen molar-refractivity contribution in [3.05, 3.63) is 89.7 Å². The van der Waals surface area contributed by atoms with Crippen molar-refractivity contribution >= 4 is 11.7 Å². The number of hydrogen-bond acceptors (Lipinski definition) is 4. The van der Waals surface area contributed by atoms with Crippen molar-refractivity contribution in [1.82, 2.24) is 10.3 Å². The number of nitrogens with zero attached hydrogens (tertiary/aromatic N) is 1. The van der Waals surface area contributed by atoms with Crippen molar-refractivity contribution in [1.29, 1.82) is 0 Å². The number of ether oxygens (including phenoxy) is 1. The molecule has 0 radical (unpaired) electrons. The maximum Gasteiger partial charge on any atom is 0.319 e. The zero-order valence-corrected chi connectivity index (χ0v) is 18.3. The Morgan fingerprint density at radius 2 is 1.84 bits per heavy atom. The van der Waals surface area contributed by atoms with E-state index in [-0.39, 0.29) is 6.03 Å². The van der Waals surface area contributed by atoms with Crippen molar-refractivity contribution in [3.8, 4) is 28.5 Å². The Morgan fingerprint density at radius 3 is 2.59 bits per heavy atom. The van der Waals surface area contributed by atoms with Crippen LogP contribution in [-0.2, 0) is 6.54 Å². The SMILES string of the molecule is COc1cccc(CNC(=O)Nc2ccc(-c3nc(-c4ccc(C)cc4C)co3)cc2)c1. The van der Waals surface area contributed by atoms with Crippen molar-refractivity contribution in [2.45, 2.75) is 20.4 Å². The zero-order chi connectivity index (χ0) is 22.5. The Hall–Kier alpha value is -4.06. The molecule has 162 valence electrons. The van der Waals surface area contributed by atoms with Gasteiger partial charge in [0.15, 0.2) is 0 Å². The largest absolute Gasteiger partial charge is 0.497 e. The number of hydrogen-bond donors (Lipinski definition) is 2. The first-order chi connectivity index (χ1) is 15.5. The molecule has 0 fully saturated rings. The van der Waals surface area contributed by atoms with Crippen LogP contribution in [0.4, 0.5) is 10.5 Å². The van der Waals surface area contributed by atoms with Gasteiger partial charge in [0.25, 0.3) is 0 Å². The second kappa shape index (κ2) is 9.39. The number of methoxy groups -OCH3 is 1. The minimum absolute atomic E-state index is 0.283. The molecule has 0 saturated carbocycles. The molecule has 0 unspecified atom stereocenters. The number of urea groups is 1. The fourth-order valence-electron chi connectivity index (χ4n) is 3.47. The molecule has 1 heterocycles. The van der Waals surface area contributed by atoms with Crippen LogP contribution < -0.4 is 15.4 Å². The van der Waals surface area contributed by atoms with E-state index < -0.39 is 0 Å². The van der Waals surface area contributed by atoms with Crippen molar-refractivity contribution in [2.24, 2.45) is 0 Å². The predicted molar refractivity (Wildman–Crippen MR) is 126 cm³/mol. The normalized spacial score (nSPS) is 10.6. The third kappa shape index (κ3) is 4.98. The van der Waals surface area contributed by atoms with Crippen molar-refractivity contribution in [2.75, 3.05) is 12.4 Å². The minimum Gasteiger partial charge on any atom is -0.497 e. The summed E-state index contributed by atoms with van der Waals surface area (Å²) in [6, 6.07) is 20.9. The summed E-state index contributed by atoms with van der Waals surface area (Å²) in [6.07, 6.45) is 1.67. The summed E-state index contributed by atoms with van der Waals surface area (Å²) in [7, 11) is 1.62. The van der Waals surface area contributed by atoms with Gasteiger partial charge in [-0.3, -0.25) is 0 Å². The smallest absolute Gasteiger partial charge is 0.319 e. The van der Waals surface area contributed by atoms with Crippen LogP contribution in [0, 0.1) is 13.8 Å². The van der Waals surface area contributed by atoms with E-state index in [1.807, 2.05) is 48.5 Å². The zero-order valence-electron chi connectivity index (χ0n) is 18.3. The highest BCUT2D eigenvalue weighted by Crippen LogP contribution is 2.28. The molecule has 0 atom stereocenters. The van der Waals surface area contributed by atoms with Crippen LogP contribution in [0.15, 0.2) is 77.4 Å². The van der Waals surface area contributed by atoms with Crippen molar-refractivity contribution < 1.29 is 13.9 Å². The van der Waals surface area contributed by atoms with Gasteiger partial charge in [-0.25, -0.2) is 9.78 Å². The van der Waals surface area contributed by atoms with E-state index >= 15 is 0 Å². The van der Waals surface area contributed by atoms with Gasteiger partial charge < -0.3 is 19.8 Å². The molecule has 6 heteroatoms. The minimum atomic E-state index is -0.283. The Labute approximate surface area is 187 Å². The van der Waals surface area contributed by atoms with E-state index in [1.54, 1.807) is 13.4 Å². The number of aromatic nitrogens is 1. The number of amides is 2. The quantitative estimate of drug-likeness (QED) is 0.398.